The first kappa shape index (κ1) is 23.3. The molecule has 0 radical (unpaired) electrons. The third-order valence-electron chi connectivity index (χ3n) is 4.85. The average molecular weight is 379 g/mol. The van der Waals surface area contributed by atoms with Crippen LogP contribution in [0.2, 0.25) is 0 Å². The topological polar surface area (TPSA) is 44.8 Å². The van der Waals surface area contributed by atoms with Gasteiger partial charge in [-0.15, -0.1) is 0 Å². The van der Waals surface area contributed by atoms with Crippen molar-refractivity contribution in [1.29, 1.82) is 0 Å². The summed E-state index contributed by atoms with van der Waals surface area (Å²) in [5.41, 5.74) is 0.413. The van der Waals surface area contributed by atoms with Crippen molar-refractivity contribution >= 4 is 5.97 Å². The molecule has 0 unspecified atom stereocenters. The number of hydrogen-bond acceptors (Lipinski definition) is 4. The number of methoxy groups -OCH3 is 2. The zero-order valence-corrected chi connectivity index (χ0v) is 17.6. The Morgan fingerprint density at radius 3 is 1.85 bits per heavy atom. The Hall–Kier alpha value is -1.71. The number of para-hydroxylation sites is 1. The molecule has 0 atom stereocenters. The molecule has 0 N–H and O–H groups in total. The lowest BCUT2D eigenvalue weighted by Crippen LogP contribution is -2.09. The highest BCUT2D eigenvalue weighted by Crippen LogP contribution is 2.31. The predicted octanol–water partition coefficient (Wildman–Crippen LogP) is 6.56. The lowest BCUT2D eigenvalue weighted by atomic mass is 10.1. The zero-order valence-electron chi connectivity index (χ0n) is 17.6. The molecule has 1 aromatic carbocycles. The summed E-state index contributed by atoms with van der Waals surface area (Å²) in [5.74, 6) is 0.617. The highest BCUT2D eigenvalue weighted by molar-refractivity contribution is 5.93. The fraction of sp³-hybridized carbons (Fsp3) is 0.696. The van der Waals surface area contributed by atoms with Gasteiger partial charge in [-0.2, -0.15) is 0 Å². The van der Waals surface area contributed by atoms with E-state index < -0.39 is 0 Å². The van der Waals surface area contributed by atoms with E-state index in [1.807, 2.05) is 0 Å². The molecule has 0 aliphatic heterocycles. The van der Waals surface area contributed by atoms with E-state index in [1.54, 1.807) is 25.3 Å². The Morgan fingerprint density at radius 2 is 1.33 bits per heavy atom. The van der Waals surface area contributed by atoms with Gasteiger partial charge in [0.2, 0.25) is 0 Å². The summed E-state index contributed by atoms with van der Waals surface area (Å²) in [7, 11) is 3.08. The Morgan fingerprint density at radius 1 is 0.778 bits per heavy atom. The van der Waals surface area contributed by atoms with Crippen LogP contribution in [0.15, 0.2) is 18.2 Å². The van der Waals surface area contributed by atoms with Crippen LogP contribution >= 0.6 is 0 Å². The van der Waals surface area contributed by atoms with Crippen molar-refractivity contribution in [2.75, 3.05) is 20.8 Å². The fourth-order valence-electron chi connectivity index (χ4n) is 3.23. The van der Waals surface area contributed by atoms with Gasteiger partial charge in [0.1, 0.15) is 5.56 Å². The van der Waals surface area contributed by atoms with Gasteiger partial charge in [-0.05, 0) is 18.6 Å². The lowest BCUT2D eigenvalue weighted by molar-refractivity contribution is 0.0493. The Balaban J connectivity index is 2.06. The maximum atomic E-state index is 12.2. The zero-order chi connectivity index (χ0) is 19.7. The third kappa shape index (κ3) is 9.69. The summed E-state index contributed by atoms with van der Waals surface area (Å²) in [5, 5.41) is 0. The van der Waals surface area contributed by atoms with Crippen molar-refractivity contribution in [3.05, 3.63) is 23.8 Å². The molecule has 0 saturated heterocycles. The van der Waals surface area contributed by atoms with Gasteiger partial charge in [0, 0.05) is 0 Å². The van der Waals surface area contributed by atoms with Crippen molar-refractivity contribution in [2.45, 2.75) is 84.0 Å². The molecule has 27 heavy (non-hydrogen) atoms. The van der Waals surface area contributed by atoms with Crippen molar-refractivity contribution < 1.29 is 19.0 Å². The molecule has 0 heterocycles. The molecular weight excluding hydrogens is 340 g/mol. The maximum Gasteiger partial charge on any atom is 0.342 e. The van der Waals surface area contributed by atoms with Gasteiger partial charge in [0.25, 0.3) is 0 Å². The van der Waals surface area contributed by atoms with Gasteiger partial charge in [0.15, 0.2) is 11.5 Å². The number of benzene rings is 1. The van der Waals surface area contributed by atoms with Crippen LogP contribution in [-0.2, 0) is 4.74 Å². The molecule has 0 aliphatic carbocycles. The molecule has 0 aromatic heterocycles. The van der Waals surface area contributed by atoms with Gasteiger partial charge < -0.3 is 14.2 Å². The summed E-state index contributed by atoms with van der Waals surface area (Å²) >= 11 is 0. The van der Waals surface area contributed by atoms with E-state index in [2.05, 4.69) is 6.92 Å². The quantitative estimate of drug-likeness (QED) is 0.241. The molecular formula is C23H38O4. The predicted molar refractivity (Wildman–Crippen MR) is 111 cm³/mol. The third-order valence-corrected chi connectivity index (χ3v) is 4.85. The first-order valence-corrected chi connectivity index (χ1v) is 10.6. The molecule has 0 fully saturated rings. The second-order valence-electron chi connectivity index (χ2n) is 7.07. The van der Waals surface area contributed by atoms with Gasteiger partial charge in [-0.1, -0.05) is 83.6 Å². The number of ether oxygens (including phenoxy) is 3. The summed E-state index contributed by atoms with van der Waals surface area (Å²) in [6.45, 7) is 2.72. The van der Waals surface area contributed by atoms with Crippen LogP contribution in [0.5, 0.6) is 11.5 Å². The highest BCUT2D eigenvalue weighted by Gasteiger charge is 2.17. The Kier molecular flexibility index (Phi) is 13.3. The lowest BCUT2D eigenvalue weighted by Gasteiger charge is -2.12. The van der Waals surface area contributed by atoms with Crippen molar-refractivity contribution in [1.82, 2.24) is 0 Å². The monoisotopic (exact) mass is 378 g/mol. The van der Waals surface area contributed by atoms with Crippen LogP contribution in [-0.4, -0.2) is 26.8 Å². The van der Waals surface area contributed by atoms with Gasteiger partial charge >= 0.3 is 5.97 Å². The first-order valence-electron chi connectivity index (χ1n) is 10.6. The van der Waals surface area contributed by atoms with E-state index in [4.69, 9.17) is 14.2 Å². The molecule has 4 nitrogen and oxygen atoms in total. The molecule has 154 valence electrons. The van der Waals surface area contributed by atoms with Crippen LogP contribution in [0.3, 0.4) is 0 Å². The Labute approximate surface area is 165 Å². The summed E-state index contributed by atoms with van der Waals surface area (Å²) in [6, 6.07) is 5.23. The summed E-state index contributed by atoms with van der Waals surface area (Å²) < 4.78 is 15.9. The van der Waals surface area contributed by atoms with Crippen LogP contribution in [0.4, 0.5) is 0 Å². The van der Waals surface area contributed by atoms with Crippen LogP contribution < -0.4 is 9.47 Å². The average Bonchev–Trinajstić information content (AvgIpc) is 2.70. The summed E-state index contributed by atoms with van der Waals surface area (Å²) in [6.07, 6.45) is 15.5. The summed E-state index contributed by atoms with van der Waals surface area (Å²) in [4.78, 5) is 12.2. The maximum absolute atomic E-state index is 12.2. The normalized spacial score (nSPS) is 10.6. The van der Waals surface area contributed by atoms with Crippen LogP contribution in [0.1, 0.15) is 94.3 Å². The Bertz CT molecular complexity index is 513. The SMILES string of the molecule is CCCCCCCCCCCCCCOC(=O)c1cccc(OC)c1OC. The minimum absolute atomic E-state index is 0.353. The number of hydrogen-bond donors (Lipinski definition) is 0. The van der Waals surface area contributed by atoms with E-state index in [0.717, 1.165) is 12.8 Å². The standard InChI is InChI=1S/C23H38O4/c1-4-5-6-7-8-9-10-11-12-13-14-15-19-27-23(24)20-17-16-18-21(25-2)22(20)26-3/h16-18H,4-15,19H2,1-3H3. The minimum atomic E-state index is -0.353. The van der Waals surface area contributed by atoms with Crippen LogP contribution in [0.25, 0.3) is 0 Å². The second-order valence-corrected chi connectivity index (χ2v) is 7.07. The molecule has 1 rings (SSSR count). The highest BCUT2D eigenvalue weighted by atomic mass is 16.5. The molecule has 1 aromatic rings. The molecule has 0 aliphatic rings. The molecule has 0 spiro atoms. The van der Waals surface area contributed by atoms with E-state index in [0.29, 0.717) is 23.7 Å². The number of carbonyl (C=O) groups is 1. The van der Waals surface area contributed by atoms with Gasteiger partial charge in [0.05, 0.1) is 20.8 Å². The van der Waals surface area contributed by atoms with Crippen molar-refractivity contribution in [2.24, 2.45) is 0 Å². The van der Waals surface area contributed by atoms with Crippen LogP contribution in [0, 0.1) is 0 Å². The van der Waals surface area contributed by atoms with Crippen molar-refractivity contribution in [3.63, 3.8) is 0 Å². The number of rotatable bonds is 16. The molecule has 4 heteroatoms. The molecule has 0 amide bonds. The van der Waals surface area contributed by atoms with Gasteiger partial charge in [-0.3, -0.25) is 0 Å². The van der Waals surface area contributed by atoms with E-state index in [9.17, 15) is 4.79 Å². The molecule has 0 saturated carbocycles. The second kappa shape index (κ2) is 15.4. The number of esters is 1. The van der Waals surface area contributed by atoms with E-state index in [1.165, 1.54) is 71.3 Å². The largest absolute Gasteiger partial charge is 0.493 e. The van der Waals surface area contributed by atoms with Gasteiger partial charge in [-0.25, -0.2) is 4.79 Å². The van der Waals surface area contributed by atoms with Crippen molar-refractivity contribution in [3.8, 4) is 11.5 Å². The minimum Gasteiger partial charge on any atom is -0.493 e. The fourth-order valence-corrected chi connectivity index (χ4v) is 3.23. The first-order chi connectivity index (χ1) is 13.2. The number of carbonyl (C=O) groups excluding carboxylic acids is 1. The number of unbranched alkanes of at least 4 members (excludes halogenated alkanes) is 11. The van der Waals surface area contributed by atoms with E-state index >= 15 is 0 Å². The molecule has 0 bridgehead atoms. The smallest absolute Gasteiger partial charge is 0.342 e. The van der Waals surface area contributed by atoms with E-state index in [-0.39, 0.29) is 5.97 Å².